The predicted molar refractivity (Wildman–Crippen MR) is 106 cm³/mol. The maximum Gasteiger partial charge on any atom is 0.433 e. The van der Waals surface area contributed by atoms with Crippen LogP contribution < -0.4 is 10.9 Å². The molecule has 3 aromatic rings. The lowest BCUT2D eigenvalue weighted by atomic mass is 10.1. The number of alkyl halides is 6. The van der Waals surface area contributed by atoms with Crippen molar-refractivity contribution in [3.8, 4) is 5.69 Å². The summed E-state index contributed by atoms with van der Waals surface area (Å²) in [5.74, 6) is -0.887. The molecule has 2 aromatic carbocycles. The molecular formula is C18H8Cl2F6N4O3. The molecule has 0 radical (unpaired) electrons. The van der Waals surface area contributed by atoms with E-state index in [4.69, 9.17) is 23.2 Å². The van der Waals surface area contributed by atoms with Gasteiger partial charge < -0.3 is 5.32 Å². The second-order valence-electron chi connectivity index (χ2n) is 6.34. The van der Waals surface area contributed by atoms with Gasteiger partial charge >= 0.3 is 12.4 Å². The van der Waals surface area contributed by atoms with Gasteiger partial charge in [0.1, 0.15) is 5.69 Å². The van der Waals surface area contributed by atoms with Gasteiger partial charge in [-0.05, 0) is 30.3 Å². The van der Waals surface area contributed by atoms with Crippen molar-refractivity contribution in [2.75, 3.05) is 5.32 Å². The fourth-order valence-corrected chi connectivity index (χ4v) is 3.18. The van der Waals surface area contributed by atoms with E-state index >= 15 is 0 Å². The fourth-order valence-electron chi connectivity index (χ4n) is 2.69. The summed E-state index contributed by atoms with van der Waals surface area (Å²) in [4.78, 5) is 26.0. The number of rotatable bonds is 4. The van der Waals surface area contributed by atoms with Gasteiger partial charge in [-0.15, -0.1) is 0 Å². The van der Waals surface area contributed by atoms with Gasteiger partial charge in [0.2, 0.25) is 5.95 Å². The van der Waals surface area contributed by atoms with E-state index in [2.05, 4.69) is 10.3 Å². The number of anilines is 2. The highest BCUT2D eigenvalue weighted by Gasteiger charge is 2.36. The quantitative estimate of drug-likeness (QED) is 0.254. The zero-order chi connectivity index (χ0) is 24.7. The van der Waals surface area contributed by atoms with Crippen molar-refractivity contribution in [3.05, 3.63) is 84.2 Å². The maximum absolute atomic E-state index is 13.2. The molecule has 1 aromatic heterocycles. The number of halogens is 8. The Morgan fingerprint density at radius 1 is 0.970 bits per heavy atom. The molecule has 1 heterocycles. The van der Waals surface area contributed by atoms with E-state index in [1.54, 1.807) is 0 Å². The normalized spacial score (nSPS) is 12.0. The van der Waals surface area contributed by atoms with Crippen LogP contribution in [0.25, 0.3) is 5.69 Å². The SMILES string of the molecule is O=c1cc(C(F)(F)F)nc(Nc2ccc(C(F)(F)F)cc2[N+](=O)[O-])n1-c1ccc(Cl)cc1Cl. The van der Waals surface area contributed by atoms with Gasteiger partial charge in [0.15, 0.2) is 5.69 Å². The summed E-state index contributed by atoms with van der Waals surface area (Å²) in [5.41, 5.74) is -6.26. The van der Waals surface area contributed by atoms with E-state index < -0.39 is 51.4 Å². The minimum Gasteiger partial charge on any atom is -0.319 e. The van der Waals surface area contributed by atoms with Crippen molar-refractivity contribution in [3.63, 3.8) is 0 Å². The molecular weight excluding hydrogens is 505 g/mol. The molecule has 0 amide bonds. The lowest BCUT2D eigenvalue weighted by Gasteiger charge is -2.17. The van der Waals surface area contributed by atoms with E-state index in [-0.39, 0.29) is 27.9 Å². The number of aromatic nitrogens is 2. The first kappa shape index (κ1) is 24.3. The minimum absolute atomic E-state index is 0.129. The van der Waals surface area contributed by atoms with Crippen LogP contribution >= 0.6 is 23.2 Å². The van der Waals surface area contributed by atoms with E-state index in [0.717, 1.165) is 0 Å². The number of hydrogen-bond donors (Lipinski definition) is 1. The third-order valence-corrected chi connectivity index (χ3v) is 4.67. The predicted octanol–water partition coefficient (Wildman–Crippen LogP) is 6.23. The summed E-state index contributed by atoms with van der Waals surface area (Å²) in [6, 6.07) is 5.06. The number of nitro groups is 1. The third-order valence-electron chi connectivity index (χ3n) is 4.13. The third kappa shape index (κ3) is 5.20. The zero-order valence-corrected chi connectivity index (χ0v) is 17.1. The largest absolute Gasteiger partial charge is 0.433 e. The van der Waals surface area contributed by atoms with Gasteiger partial charge in [-0.1, -0.05) is 23.2 Å². The molecule has 174 valence electrons. The molecule has 0 aliphatic heterocycles. The highest BCUT2D eigenvalue weighted by molar-refractivity contribution is 6.35. The highest BCUT2D eigenvalue weighted by Crippen LogP contribution is 2.37. The number of nitrogens with one attached hydrogen (secondary N) is 1. The Balaban J connectivity index is 2.27. The molecule has 0 saturated heterocycles. The highest BCUT2D eigenvalue weighted by atomic mass is 35.5. The summed E-state index contributed by atoms with van der Waals surface area (Å²) in [7, 11) is 0. The molecule has 33 heavy (non-hydrogen) atoms. The van der Waals surface area contributed by atoms with Gasteiger partial charge in [0.25, 0.3) is 11.2 Å². The lowest BCUT2D eigenvalue weighted by molar-refractivity contribution is -0.384. The van der Waals surface area contributed by atoms with Crippen LogP contribution in [-0.2, 0) is 12.4 Å². The van der Waals surface area contributed by atoms with Crippen molar-refractivity contribution in [1.82, 2.24) is 9.55 Å². The molecule has 7 nitrogen and oxygen atoms in total. The number of nitrogens with zero attached hydrogens (tertiary/aromatic N) is 3. The number of benzene rings is 2. The second-order valence-corrected chi connectivity index (χ2v) is 7.19. The van der Waals surface area contributed by atoms with Crippen LogP contribution in [-0.4, -0.2) is 14.5 Å². The van der Waals surface area contributed by atoms with E-state index in [1.807, 2.05) is 0 Å². The van der Waals surface area contributed by atoms with E-state index in [9.17, 15) is 41.3 Å². The average Bonchev–Trinajstić information content (AvgIpc) is 2.67. The molecule has 0 aliphatic rings. The van der Waals surface area contributed by atoms with Crippen molar-refractivity contribution in [2.45, 2.75) is 12.4 Å². The summed E-state index contributed by atoms with van der Waals surface area (Å²) in [6.45, 7) is 0. The Hall–Kier alpha value is -3.32. The zero-order valence-electron chi connectivity index (χ0n) is 15.6. The monoisotopic (exact) mass is 512 g/mol. The lowest BCUT2D eigenvalue weighted by Crippen LogP contribution is -2.26. The van der Waals surface area contributed by atoms with Crippen LogP contribution in [0.1, 0.15) is 11.3 Å². The van der Waals surface area contributed by atoms with Crippen LogP contribution in [0, 0.1) is 10.1 Å². The molecule has 0 bridgehead atoms. The molecule has 0 atom stereocenters. The smallest absolute Gasteiger partial charge is 0.319 e. The first-order valence-electron chi connectivity index (χ1n) is 8.48. The van der Waals surface area contributed by atoms with Gasteiger partial charge in [0, 0.05) is 17.2 Å². The molecule has 0 saturated carbocycles. The van der Waals surface area contributed by atoms with Crippen molar-refractivity contribution >= 4 is 40.5 Å². The Kier molecular flexibility index (Phi) is 6.31. The molecule has 15 heteroatoms. The van der Waals surface area contributed by atoms with E-state index in [1.165, 1.54) is 18.2 Å². The summed E-state index contributed by atoms with van der Waals surface area (Å²) >= 11 is 11.8. The molecule has 0 unspecified atom stereocenters. The molecule has 0 spiro atoms. The summed E-state index contributed by atoms with van der Waals surface area (Å²) in [5, 5.41) is 13.4. The number of hydrogen-bond acceptors (Lipinski definition) is 5. The van der Waals surface area contributed by atoms with Gasteiger partial charge in [-0.25, -0.2) is 9.55 Å². The van der Waals surface area contributed by atoms with Crippen molar-refractivity contribution in [1.29, 1.82) is 0 Å². The standard InChI is InChI=1S/C18H8Cl2F6N4O3/c19-9-2-4-12(10(20)6-9)29-15(31)7-14(18(24,25)26)28-16(29)27-11-3-1-8(17(21,22)23)5-13(11)30(32)33/h1-7H,(H,27,28). The first-order chi connectivity index (χ1) is 15.2. The Morgan fingerprint density at radius 2 is 1.64 bits per heavy atom. The Morgan fingerprint density at radius 3 is 2.18 bits per heavy atom. The fraction of sp³-hybridized carbons (Fsp3) is 0.111. The van der Waals surface area contributed by atoms with Crippen LogP contribution in [0.5, 0.6) is 0 Å². The van der Waals surface area contributed by atoms with Gasteiger partial charge in [-0.3, -0.25) is 14.9 Å². The first-order valence-corrected chi connectivity index (χ1v) is 9.23. The van der Waals surface area contributed by atoms with Crippen LogP contribution in [0.3, 0.4) is 0 Å². The molecule has 1 N–H and O–H groups in total. The van der Waals surface area contributed by atoms with Gasteiger partial charge in [-0.2, -0.15) is 26.3 Å². The summed E-state index contributed by atoms with van der Waals surface area (Å²) < 4.78 is 79.1. The Bertz CT molecular complexity index is 1310. The van der Waals surface area contributed by atoms with Crippen molar-refractivity contribution < 1.29 is 31.3 Å². The topological polar surface area (TPSA) is 90.1 Å². The molecule has 0 aliphatic carbocycles. The van der Waals surface area contributed by atoms with Crippen molar-refractivity contribution in [2.24, 2.45) is 0 Å². The number of nitro benzene ring substituents is 1. The molecule has 0 fully saturated rings. The minimum atomic E-state index is -5.08. The second kappa shape index (κ2) is 8.56. The van der Waals surface area contributed by atoms with Crippen LogP contribution in [0.2, 0.25) is 10.0 Å². The summed E-state index contributed by atoms with van der Waals surface area (Å²) in [6.07, 6.45) is -10.00. The van der Waals surface area contributed by atoms with E-state index in [0.29, 0.717) is 16.7 Å². The average molecular weight is 513 g/mol. The maximum atomic E-state index is 13.2. The Labute approximate surface area is 189 Å². The molecule has 3 rings (SSSR count). The van der Waals surface area contributed by atoms with Crippen LogP contribution in [0.15, 0.2) is 47.3 Å². The van der Waals surface area contributed by atoms with Crippen LogP contribution in [0.4, 0.5) is 43.7 Å². The van der Waals surface area contributed by atoms with Gasteiger partial charge in [0.05, 0.1) is 21.2 Å².